The van der Waals surface area contributed by atoms with Gasteiger partial charge in [0.05, 0.1) is 0 Å². The molecule has 0 saturated heterocycles. The molecule has 0 unspecified atom stereocenters. The average Bonchev–Trinajstić information content (AvgIpc) is 2.25. The van der Waals surface area contributed by atoms with Crippen LogP contribution in [0.1, 0.15) is 30.1 Å². The van der Waals surface area contributed by atoms with Crippen LogP contribution in [0.4, 0.5) is 4.39 Å². The number of unbranched alkanes of at least 4 members (excludes halogenated alkanes) is 1. The molecule has 0 bridgehead atoms. The Labute approximate surface area is 94.5 Å². The lowest BCUT2D eigenvalue weighted by Gasteiger charge is -2.17. The number of benzene rings is 1. The summed E-state index contributed by atoms with van der Waals surface area (Å²) < 4.78 is 13.4. The zero-order valence-corrected chi connectivity index (χ0v) is 9.53. The summed E-state index contributed by atoms with van der Waals surface area (Å²) in [5.41, 5.74) is -0.249. The Bertz CT molecular complexity index is 359. The minimum absolute atomic E-state index is 0.249. The van der Waals surface area contributed by atoms with E-state index in [2.05, 4.69) is 0 Å². The largest absolute Gasteiger partial charge is 0.507 e. The average molecular weight is 225 g/mol. The molecule has 0 aliphatic carbocycles. The van der Waals surface area contributed by atoms with Gasteiger partial charge >= 0.3 is 0 Å². The van der Waals surface area contributed by atoms with E-state index in [4.69, 9.17) is 0 Å². The summed E-state index contributed by atoms with van der Waals surface area (Å²) >= 11 is 0. The van der Waals surface area contributed by atoms with E-state index in [0.717, 1.165) is 12.8 Å². The molecule has 1 aromatic rings. The van der Waals surface area contributed by atoms with Crippen molar-refractivity contribution in [2.45, 2.75) is 19.8 Å². The molecule has 4 heteroatoms. The van der Waals surface area contributed by atoms with Gasteiger partial charge in [-0.1, -0.05) is 19.4 Å². The molecule has 0 fully saturated rings. The molecule has 1 N–H and O–H groups in total. The number of carbonyl (C=O) groups is 1. The number of hydrogen-bond acceptors (Lipinski definition) is 2. The van der Waals surface area contributed by atoms with Crippen LogP contribution in [0.25, 0.3) is 0 Å². The van der Waals surface area contributed by atoms with Crippen molar-refractivity contribution in [1.29, 1.82) is 0 Å². The predicted octanol–water partition coefficient (Wildman–Crippen LogP) is 2.40. The van der Waals surface area contributed by atoms with Gasteiger partial charge in [-0.2, -0.15) is 0 Å². The summed E-state index contributed by atoms with van der Waals surface area (Å²) in [6.45, 7) is 2.57. The van der Waals surface area contributed by atoms with Gasteiger partial charge in [0.1, 0.15) is 17.1 Å². The topological polar surface area (TPSA) is 40.5 Å². The molecule has 0 saturated carbocycles. The SMILES string of the molecule is CCCCN(C)C(=O)c1c(O)cccc1F. The Hall–Kier alpha value is -1.58. The van der Waals surface area contributed by atoms with Crippen molar-refractivity contribution in [3.8, 4) is 5.75 Å². The highest BCUT2D eigenvalue weighted by molar-refractivity contribution is 5.96. The van der Waals surface area contributed by atoms with Crippen LogP contribution in [0.3, 0.4) is 0 Å². The van der Waals surface area contributed by atoms with Gasteiger partial charge in [0.2, 0.25) is 0 Å². The van der Waals surface area contributed by atoms with Crippen LogP contribution < -0.4 is 0 Å². The zero-order valence-electron chi connectivity index (χ0n) is 9.53. The number of halogens is 1. The quantitative estimate of drug-likeness (QED) is 0.854. The third-order valence-electron chi connectivity index (χ3n) is 2.40. The standard InChI is InChI=1S/C12H16FNO2/c1-3-4-8-14(2)12(16)11-9(13)6-5-7-10(11)15/h5-7,15H,3-4,8H2,1-2H3. The van der Waals surface area contributed by atoms with Crippen molar-refractivity contribution in [2.75, 3.05) is 13.6 Å². The van der Waals surface area contributed by atoms with Gasteiger partial charge in [-0.05, 0) is 18.6 Å². The molecule has 3 nitrogen and oxygen atoms in total. The van der Waals surface area contributed by atoms with Gasteiger partial charge in [0.15, 0.2) is 0 Å². The van der Waals surface area contributed by atoms with Crippen LogP contribution in [0.2, 0.25) is 0 Å². The third-order valence-corrected chi connectivity index (χ3v) is 2.40. The Balaban J connectivity index is 2.87. The van der Waals surface area contributed by atoms with Gasteiger partial charge in [0, 0.05) is 13.6 Å². The van der Waals surface area contributed by atoms with E-state index in [0.29, 0.717) is 6.54 Å². The lowest BCUT2D eigenvalue weighted by atomic mass is 10.1. The van der Waals surface area contributed by atoms with E-state index >= 15 is 0 Å². The van der Waals surface area contributed by atoms with Crippen molar-refractivity contribution in [3.05, 3.63) is 29.6 Å². The van der Waals surface area contributed by atoms with E-state index in [1.165, 1.54) is 23.1 Å². The molecular formula is C12H16FNO2. The summed E-state index contributed by atoms with van der Waals surface area (Å²) in [6.07, 6.45) is 1.82. The van der Waals surface area contributed by atoms with Gasteiger partial charge in [0.25, 0.3) is 5.91 Å². The molecular weight excluding hydrogens is 209 g/mol. The minimum Gasteiger partial charge on any atom is -0.507 e. The zero-order chi connectivity index (χ0) is 12.1. The molecule has 0 spiro atoms. The summed E-state index contributed by atoms with van der Waals surface area (Å²) in [4.78, 5) is 13.2. The molecule has 88 valence electrons. The van der Waals surface area contributed by atoms with Gasteiger partial charge in [-0.15, -0.1) is 0 Å². The van der Waals surface area contributed by atoms with Crippen molar-refractivity contribution in [2.24, 2.45) is 0 Å². The van der Waals surface area contributed by atoms with Crippen LogP contribution in [-0.2, 0) is 0 Å². The number of carbonyl (C=O) groups excluding carboxylic acids is 1. The molecule has 0 aromatic heterocycles. The fraction of sp³-hybridized carbons (Fsp3) is 0.417. The maximum absolute atomic E-state index is 13.4. The van der Waals surface area contributed by atoms with E-state index in [1.807, 2.05) is 6.92 Å². The van der Waals surface area contributed by atoms with Gasteiger partial charge in [-0.3, -0.25) is 4.79 Å². The number of nitrogens with zero attached hydrogens (tertiary/aromatic N) is 1. The molecule has 1 aromatic carbocycles. The fourth-order valence-corrected chi connectivity index (χ4v) is 1.41. The molecule has 1 rings (SSSR count). The number of aromatic hydroxyl groups is 1. The maximum Gasteiger partial charge on any atom is 0.260 e. The van der Waals surface area contributed by atoms with Crippen molar-refractivity contribution < 1.29 is 14.3 Å². The summed E-state index contributed by atoms with van der Waals surface area (Å²) in [6, 6.07) is 3.85. The monoisotopic (exact) mass is 225 g/mol. The summed E-state index contributed by atoms with van der Waals surface area (Å²) in [5.74, 6) is -1.48. The van der Waals surface area contributed by atoms with Crippen LogP contribution in [0.5, 0.6) is 5.75 Å². The molecule has 0 heterocycles. The first kappa shape index (κ1) is 12.5. The second kappa shape index (κ2) is 5.49. The first-order chi connectivity index (χ1) is 7.57. The van der Waals surface area contributed by atoms with Crippen LogP contribution in [0.15, 0.2) is 18.2 Å². The smallest absolute Gasteiger partial charge is 0.260 e. The number of phenols is 1. The minimum atomic E-state index is -0.687. The van der Waals surface area contributed by atoms with E-state index < -0.39 is 11.7 Å². The second-order valence-corrected chi connectivity index (χ2v) is 3.71. The Kier molecular flexibility index (Phi) is 4.28. The van der Waals surface area contributed by atoms with E-state index in [9.17, 15) is 14.3 Å². The van der Waals surface area contributed by atoms with Crippen LogP contribution in [-0.4, -0.2) is 29.5 Å². The molecule has 16 heavy (non-hydrogen) atoms. The fourth-order valence-electron chi connectivity index (χ4n) is 1.41. The lowest BCUT2D eigenvalue weighted by molar-refractivity contribution is 0.0785. The van der Waals surface area contributed by atoms with Crippen molar-refractivity contribution in [1.82, 2.24) is 4.90 Å². The van der Waals surface area contributed by atoms with Crippen molar-refractivity contribution in [3.63, 3.8) is 0 Å². The molecule has 0 aliphatic rings. The summed E-state index contributed by atoms with van der Waals surface area (Å²) in [5, 5.41) is 9.45. The molecule has 0 radical (unpaired) electrons. The third kappa shape index (κ3) is 2.72. The number of phenolic OH excluding ortho intramolecular Hbond substituents is 1. The second-order valence-electron chi connectivity index (χ2n) is 3.71. The van der Waals surface area contributed by atoms with E-state index in [-0.39, 0.29) is 11.3 Å². The van der Waals surface area contributed by atoms with Gasteiger partial charge < -0.3 is 10.0 Å². The predicted molar refractivity (Wildman–Crippen MR) is 59.9 cm³/mol. The maximum atomic E-state index is 13.4. The highest BCUT2D eigenvalue weighted by atomic mass is 19.1. The number of hydrogen-bond donors (Lipinski definition) is 1. The van der Waals surface area contributed by atoms with E-state index in [1.54, 1.807) is 7.05 Å². The first-order valence-electron chi connectivity index (χ1n) is 5.30. The molecule has 0 aliphatic heterocycles. The highest BCUT2D eigenvalue weighted by Gasteiger charge is 2.19. The van der Waals surface area contributed by atoms with Crippen LogP contribution >= 0.6 is 0 Å². The van der Waals surface area contributed by atoms with Crippen molar-refractivity contribution >= 4 is 5.91 Å². The number of rotatable bonds is 4. The molecule has 0 atom stereocenters. The Morgan fingerprint density at radius 1 is 1.50 bits per heavy atom. The summed E-state index contributed by atoms with van der Waals surface area (Å²) in [7, 11) is 1.60. The first-order valence-corrected chi connectivity index (χ1v) is 5.30. The highest BCUT2D eigenvalue weighted by Crippen LogP contribution is 2.21. The Morgan fingerprint density at radius 3 is 2.75 bits per heavy atom. The lowest BCUT2D eigenvalue weighted by Crippen LogP contribution is -2.28. The number of amides is 1. The molecule has 1 amide bonds. The normalized spacial score (nSPS) is 10.2. The van der Waals surface area contributed by atoms with Crippen LogP contribution in [0, 0.1) is 5.82 Å². The Morgan fingerprint density at radius 2 is 2.19 bits per heavy atom. The van der Waals surface area contributed by atoms with Gasteiger partial charge in [-0.25, -0.2) is 4.39 Å².